The first-order valence-electron chi connectivity index (χ1n) is 4.70. The Morgan fingerprint density at radius 3 is 2.77 bits per heavy atom. The summed E-state index contributed by atoms with van der Waals surface area (Å²) in [5, 5.41) is 8.64. The Balaban J connectivity index is 2.59. The number of rotatable bonds is 4. The van der Waals surface area contributed by atoms with Crippen LogP contribution in [0.3, 0.4) is 0 Å². The zero-order valence-corrected chi connectivity index (χ0v) is 8.09. The van der Waals surface area contributed by atoms with E-state index in [1.165, 1.54) is 11.1 Å². The normalized spacial score (nSPS) is 10.3. The quantitative estimate of drug-likeness (QED) is 0.547. The number of unbranched alkanes of at least 4 members (excludes halogenated alkanes) is 1. The molecular weight excluding hydrogens is 162 g/mol. The monoisotopic (exact) mass is 179 g/mol. The molecule has 0 radical (unpaired) electrons. The van der Waals surface area contributed by atoms with Crippen molar-refractivity contribution < 1.29 is 5.11 Å². The predicted molar refractivity (Wildman–Crippen MR) is 55.6 cm³/mol. The summed E-state index contributed by atoms with van der Waals surface area (Å²) in [6, 6.07) is 6.08. The van der Waals surface area contributed by atoms with E-state index in [4.69, 9.17) is 10.8 Å². The molecule has 1 rings (SSSR count). The van der Waals surface area contributed by atoms with Crippen LogP contribution in [0.4, 0.5) is 5.69 Å². The molecule has 0 fully saturated rings. The van der Waals surface area contributed by atoms with Crippen LogP contribution in [0.1, 0.15) is 24.0 Å². The fraction of sp³-hybridized carbons (Fsp3) is 0.455. The smallest absolute Gasteiger partial charge is 0.0431 e. The van der Waals surface area contributed by atoms with Crippen molar-refractivity contribution in [3.05, 3.63) is 29.3 Å². The Bertz CT molecular complexity index is 271. The van der Waals surface area contributed by atoms with E-state index in [2.05, 4.69) is 13.0 Å². The van der Waals surface area contributed by atoms with Gasteiger partial charge < -0.3 is 10.8 Å². The Kier molecular flexibility index (Phi) is 3.77. The van der Waals surface area contributed by atoms with Crippen molar-refractivity contribution in [2.45, 2.75) is 26.2 Å². The van der Waals surface area contributed by atoms with E-state index < -0.39 is 0 Å². The number of aliphatic hydroxyl groups is 1. The molecule has 0 aromatic heterocycles. The molecule has 2 nitrogen and oxygen atoms in total. The van der Waals surface area contributed by atoms with Gasteiger partial charge in [-0.1, -0.05) is 17.7 Å². The van der Waals surface area contributed by atoms with Gasteiger partial charge in [-0.2, -0.15) is 0 Å². The number of nitrogens with two attached hydrogens (primary N) is 1. The zero-order valence-electron chi connectivity index (χ0n) is 8.09. The topological polar surface area (TPSA) is 46.2 Å². The minimum Gasteiger partial charge on any atom is -0.399 e. The van der Waals surface area contributed by atoms with Crippen LogP contribution < -0.4 is 5.73 Å². The summed E-state index contributed by atoms with van der Waals surface area (Å²) < 4.78 is 0. The third-order valence-electron chi connectivity index (χ3n) is 2.15. The number of hydrogen-bond donors (Lipinski definition) is 2. The van der Waals surface area contributed by atoms with Gasteiger partial charge in [0.15, 0.2) is 0 Å². The standard InChI is InChI=1S/C11H17NO/c1-9-5-6-11(12)10(8-9)4-2-3-7-13/h5-6,8,13H,2-4,7,12H2,1H3. The van der Waals surface area contributed by atoms with E-state index in [0.29, 0.717) is 0 Å². The molecule has 0 bridgehead atoms. The van der Waals surface area contributed by atoms with E-state index in [9.17, 15) is 0 Å². The van der Waals surface area contributed by atoms with Crippen LogP contribution in [0.2, 0.25) is 0 Å². The maximum Gasteiger partial charge on any atom is 0.0431 e. The molecule has 0 saturated carbocycles. The first-order chi connectivity index (χ1) is 6.24. The Morgan fingerprint density at radius 2 is 2.08 bits per heavy atom. The third kappa shape index (κ3) is 3.07. The van der Waals surface area contributed by atoms with Gasteiger partial charge in [0.2, 0.25) is 0 Å². The second-order valence-corrected chi connectivity index (χ2v) is 3.38. The molecule has 1 aromatic rings. The van der Waals surface area contributed by atoms with E-state index in [1.54, 1.807) is 0 Å². The summed E-state index contributed by atoms with van der Waals surface area (Å²) in [4.78, 5) is 0. The summed E-state index contributed by atoms with van der Waals surface area (Å²) in [7, 11) is 0. The van der Waals surface area contributed by atoms with Gasteiger partial charge in [-0.3, -0.25) is 0 Å². The van der Waals surface area contributed by atoms with E-state index in [-0.39, 0.29) is 6.61 Å². The number of aryl methyl sites for hydroxylation is 2. The molecule has 0 unspecified atom stereocenters. The average molecular weight is 179 g/mol. The number of aliphatic hydroxyl groups excluding tert-OH is 1. The van der Waals surface area contributed by atoms with Gasteiger partial charge in [0.25, 0.3) is 0 Å². The molecule has 13 heavy (non-hydrogen) atoms. The molecule has 0 aliphatic heterocycles. The van der Waals surface area contributed by atoms with Crippen LogP contribution in [0.25, 0.3) is 0 Å². The van der Waals surface area contributed by atoms with Gasteiger partial charge >= 0.3 is 0 Å². The predicted octanol–water partition coefficient (Wildman–Crippen LogP) is 1.89. The Labute approximate surface area is 79.4 Å². The highest BCUT2D eigenvalue weighted by atomic mass is 16.2. The Hall–Kier alpha value is -1.02. The van der Waals surface area contributed by atoms with Crippen molar-refractivity contribution in [2.24, 2.45) is 0 Å². The second kappa shape index (κ2) is 4.87. The maximum absolute atomic E-state index is 8.64. The molecule has 0 heterocycles. The minimum absolute atomic E-state index is 0.270. The summed E-state index contributed by atoms with van der Waals surface area (Å²) in [5.74, 6) is 0. The lowest BCUT2D eigenvalue weighted by Crippen LogP contribution is -1.96. The van der Waals surface area contributed by atoms with Gasteiger partial charge in [-0.05, 0) is 37.8 Å². The molecule has 0 aliphatic rings. The highest BCUT2D eigenvalue weighted by Gasteiger charge is 1.98. The summed E-state index contributed by atoms with van der Waals surface area (Å²) in [5.41, 5.74) is 9.12. The average Bonchev–Trinajstić information content (AvgIpc) is 2.11. The van der Waals surface area contributed by atoms with Crippen LogP contribution in [0.5, 0.6) is 0 Å². The van der Waals surface area contributed by atoms with Crippen LogP contribution in [-0.2, 0) is 6.42 Å². The van der Waals surface area contributed by atoms with Gasteiger partial charge in [-0.15, -0.1) is 0 Å². The van der Waals surface area contributed by atoms with Gasteiger partial charge in [0.05, 0.1) is 0 Å². The molecular formula is C11H17NO. The molecule has 72 valence electrons. The van der Waals surface area contributed by atoms with Crippen molar-refractivity contribution >= 4 is 5.69 Å². The van der Waals surface area contributed by atoms with E-state index in [0.717, 1.165) is 24.9 Å². The van der Waals surface area contributed by atoms with Crippen LogP contribution in [0, 0.1) is 6.92 Å². The fourth-order valence-corrected chi connectivity index (χ4v) is 1.38. The second-order valence-electron chi connectivity index (χ2n) is 3.38. The van der Waals surface area contributed by atoms with Crippen molar-refractivity contribution in [1.29, 1.82) is 0 Å². The van der Waals surface area contributed by atoms with Gasteiger partial charge in [0, 0.05) is 12.3 Å². The number of hydrogen-bond acceptors (Lipinski definition) is 2. The van der Waals surface area contributed by atoms with E-state index in [1.807, 2.05) is 12.1 Å². The number of nitrogen functional groups attached to an aromatic ring is 1. The lowest BCUT2D eigenvalue weighted by Gasteiger charge is -2.05. The highest BCUT2D eigenvalue weighted by molar-refractivity contribution is 5.48. The Morgan fingerprint density at radius 1 is 1.31 bits per heavy atom. The summed E-state index contributed by atoms with van der Waals surface area (Å²) in [6.45, 7) is 2.33. The summed E-state index contributed by atoms with van der Waals surface area (Å²) in [6.07, 6.45) is 2.83. The molecule has 3 N–H and O–H groups in total. The number of benzene rings is 1. The fourth-order valence-electron chi connectivity index (χ4n) is 1.38. The van der Waals surface area contributed by atoms with Crippen LogP contribution in [-0.4, -0.2) is 11.7 Å². The lowest BCUT2D eigenvalue weighted by molar-refractivity contribution is 0.284. The lowest BCUT2D eigenvalue weighted by atomic mass is 10.0. The maximum atomic E-state index is 8.64. The van der Waals surface area contributed by atoms with Crippen molar-refractivity contribution in [2.75, 3.05) is 12.3 Å². The van der Waals surface area contributed by atoms with E-state index >= 15 is 0 Å². The SMILES string of the molecule is Cc1ccc(N)c(CCCCO)c1. The highest BCUT2D eigenvalue weighted by Crippen LogP contribution is 2.15. The first kappa shape index (κ1) is 10.1. The molecule has 0 spiro atoms. The number of anilines is 1. The summed E-state index contributed by atoms with van der Waals surface area (Å²) >= 11 is 0. The van der Waals surface area contributed by atoms with Crippen molar-refractivity contribution in [1.82, 2.24) is 0 Å². The van der Waals surface area contributed by atoms with Gasteiger partial charge in [0.1, 0.15) is 0 Å². The minimum atomic E-state index is 0.270. The molecule has 0 atom stereocenters. The molecule has 0 amide bonds. The third-order valence-corrected chi connectivity index (χ3v) is 2.15. The van der Waals surface area contributed by atoms with Crippen LogP contribution >= 0.6 is 0 Å². The molecule has 0 saturated heterocycles. The zero-order chi connectivity index (χ0) is 9.68. The first-order valence-corrected chi connectivity index (χ1v) is 4.70. The van der Waals surface area contributed by atoms with Gasteiger partial charge in [-0.25, -0.2) is 0 Å². The van der Waals surface area contributed by atoms with Crippen molar-refractivity contribution in [3.8, 4) is 0 Å². The van der Waals surface area contributed by atoms with Crippen molar-refractivity contribution in [3.63, 3.8) is 0 Å². The largest absolute Gasteiger partial charge is 0.399 e. The van der Waals surface area contributed by atoms with Crippen LogP contribution in [0.15, 0.2) is 18.2 Å². The molecule has 0 aliphatic carbocycles. The molecule has 2 heteroatoms. The molecule has 1 aromatic carbocycles.